The van der Waals surface area contributed by atoms with E-state index in [1.54, 1.807) is 12.1 Å². The van der Waals surface area contributed by atoms with Crippen LogP contribution in [0.2, 0.25) is 0 Å². The number of carbonyl (C=O) groups excluding carboxylic acids is 2. The number of benzene rings is 1. The van der Waals surface area contributed by atoms with Crippen molar-refractivity contribution in [2.45, 2.75) is 50.3 Å². The number of urea groups is 1. The lowest BCUT2D eigenvalue weighted by Crippen LogP contribution is -2.49. The molecule has 3 rings (SSSR count). The third kappa shape index (κ3) is 3.82. The Morgan fingerprint density at radius 3 is 2.52 bits per heavy atom. The molecule has 1 aromatic rings. The fourth-order valence-corrected chi connectivity index (χ4v) is 3.37. The number of hydrogen-bond acceptors (Lipinski definition) is 3. The number of nitrogens with one attached hydrogen (secondary N) is 2. The van der Waals surface area contributed by atoms with Crippen molar-refractivity contribution >= 4 is 17.6 Å². The van der Waals surface area contributed by atoms with E-state index < -0.39 is 12.1 Å². The number of likely N-dealkylation sites (tertiary alicyclic amines) is 1. The molecule has 0 aromatic heterocycles. The van der Waals surface area contributed by atoms with Crippen LogP contribution in [0.1, 0.15) is 32.1 Å². The Bertz CT molecular complexity index is 557. The topological polar surface area (TPSA) is 81.7 Å². The monoisotopic (exact) mass is 317 g/mol. The van der Waals surface area contributed by atoms with Crippen LogP contribution >= 0.6 is 0 Å². The van der Waals surface area contributed by atoms with E-state index in [-0.39, 0.29) is 24.5 Å². The van der Waals surface area contributed by atoms with Gasteiger partial charge in [-0.15, -0.1) is 0 Å². The van der Waals surface area contributed by atoms with Gasteiger partial charge in [0.05, 0.1) is 6.10 Å². The number of anilines is 1. The van der Waals surface area contributed by atoms with Crippen molar-refractivity contribution in [2.24, 2.45) is 0 Å². The highest BCUT2D eigenvalue weighted by Crippen LogP contribution is 2.22. The minimum atomic E-state index is -0.657. The van der Waals surface area contributed by atoms with Crippen LogP contribution in [0.3, 0.4) is 0 Å². The molecule has 1 aliphatic heterocycles. The zero-order chi connectivity index (χ0) is 16.2. The van der Waals surface area contributed by atoms with E-state index in [9.17, 15) is 14.7 Å². The van der Waals surface area contributed by atoms with Gasteiger partial charge in [-0.25, -0.2) is 4.79 Å². The average Bonchev–Trinajstić information content (AvgIpc) is 3.17. The summed E-state index contributed by atoms with van der Waals surface area (Å²) in [5.74, 6) is -0.156. The Labute approximate surface area is 135 Å². The molecule has 0 spiro atoms. The van der Waals surface area contributed by atoms with Crippen LogP contribution in [0.25, 0.3) is 0 Å². The smallest absolute Gasteiger partial charge is 0.322 e. The van der Waals surface area contributed by atoms with Gasteiger partial charge in [0, 0.05) is 24.7 Å². The van der Waals surface area contributed by atoms with Crippen molar-refractivity contribution in [3.8, 4) is 0 Å². The molecule has 1 heterocycles. The van der Waals surface area contributed by atoms with E-state index in [2.05, 4.69) is 10.6 Å². The van der Waals surface area contributed by atoms with Gasteiger partial charge in [0.15, 0.2) is 0 Å². The third-order valence-corrected chi connectivity index (χ3v) is 4.57. The molecule has 1 saturated heterocycles. The molecule has 2 atom stereocenters. The Kier molecular flexibility index (Phi) is 4.81. The molecular formula is C17H23N3O3. The van der Waals surface area contributed by atoms with Crippen LogP contribution in [0.5, 0.6) is 0 Å². The first-order valence-electron chi connectivity index (χ1n) is 8.24. The summed E-state index contributed by atoms with van der Waals surface area (Å²) >= 11 is 0. The first kappa shape index (κ1) is 15.8. The van der Waals surface area contributed by atoms with E-state index in [1.165, 1.54) is 4.90 Å². The second-order valence-electron chi connectivity index (χ2n) is 6.34. The molecule has 124 valence electrons. The number of amides is 3. The van der Waals surface area contributed by atoms with Gasteiger partial charge in [-0.05, 0) is 25.0 Å². The molecular weight excluding hydrogens is 294 g/mol. The maximum absolute atomic E-state index is 12.5. The van der Waals surface area contributed by atoms with E-state index in [0.717, 1.165) is 25.7 Å². The molecule has 1 aromatic carbocycles. The molecule has 1 aliphatic carbocycles. The molecule has 6 heteroatoms. The molecule has 1 saturated carbocycles. The van der Waals surface area contributed by atoms with E-state index in [4.69, 9.17) is 0 Å². The predicted octanol–water partition coefficient (Wildman–Crippen LogP) is 1.71. The molecule has 6 nitrogen and oxygen atoms in total. The summed E-state index contributed by atoms with van der Waals surface area (Å²) in [7, 11) is 0. The van der Waals surface area contributed by atoms with Crippen LogP contribution in [0.15, 0.2) is 30.3 Å². The molecule has 23 heavy (non-hydrogen) atoms. The minimum Gasteiger partial charge on any atom is -0.391 e. The Hall–Kier alpha value is -2.08. The summed E-state index contributed by atoms with van der Waals surface area (Å²) in [5.41, 5.74) is 0.675. The van der Waals surface area contributed by atoms with Gasteiger partial charge in [0.25, 0.3) is 0 Å². The molecule has 3 amide bonds. The zero-order valence-electron chi connectivity index (χ0n) is 13.1. The van der Waals surface area contributed by atoms with Crippen molar-refractivity contribution in [1.29, 1.82) is 0 Å². The van der Waals surface area contributed by atoms with Gasteiger partial charge in [-0.2, -0.15) is 0 Å². The van der Waals surface area contributed by atoms with Crippen LogP contribution in [0, 0.1) is 0 Å². The highest BCUT2D eigenvalue weighted by atomic mass is 16.3. The SMILES string of the molecule is O=C(NC1CCCC1)[C@@H]1C[C@H](O)CN1C(=O)Nc1ccccc1. The van der Waals surface area contributed by atoms with Crippen LogP contribution in [-0.4, -0.2) is 46.7 Å². The standard InChI is InChI=1S/C17H23N3O3/c21-14-10-15(16(22)18-12-8-4-5-9-12)20(11-14)17(23)19-13-6-2-1-3-7-13/h1-3,6-7,12,14-15,21H,4-5,8-11H2,(H,18,22)(H,19,23)/t14-,15-/m0/s1. The first-order chi connectivity index (χ1) is 11.1. The predicted molar refractivity (Wildman–Crippen MR) is 87.0 cm³/mol. The lowest BCUT2D eigenvalue weighted by Gasteiger charge is -2.25. The minimum absolute atomic E-state index is 0.156. The Morgan fingerprint density at radius 2 is 1.83 bits per heavy atom. The van der Waals surface area contributed by atoms with E-state index >= 15 is 0 Å². The zero-order valence-corrected chi connectivity index (χ0v) is 13.1. The molecule has 0 radical (unpaired) electrons. The number of nitrogens with zero attached hydrogens (tertiary/aromatic N) is 1. The third-order valence-electron chi connectivity index (χ3n) is 4.57. The molecule has 0 unspecified atom stereocenters. The average molecular weight is 317 g/mol. The van der Waals surface area contributed by atoms with Crippen molar-refractivity contribution in [3.63, 3.8) is 0 Å². The molecule has 0 bridgehead atoms. The highest BCUT2D eigenvalue weighted by molar-refractivity contribution is 5.94. The van der Waals surface area contributed by atoms with Gasteiger partial charge >= 0.3 is 6.03 Å². The maximum atomic E-state index is 12.5. The summed E-state index contributed by atoms with van der Waals surface area (Å²) in [6, 6.07) is 8.37. The summed E-state index contributed by atoms with van der Waals surface area (Å²) in [6.07, 6.45) is 3.90. The number of aliphatic hydroxyl groups excluding tert-OH is 1. The van der Waals surface area contributed by atoms with E-state index in [0.29, 0.717) is 12.1 Å². The quantitative estimate of drug-likeness (QED) is 0.794. The number of para-hydroxylation sites is 1. The highest BCUT2D eigenvalue weighted by Gasteiger charge is 2.39. The van der Waals surface area contributed by atoms with Crippen molar-refractivity contribution in [1.82, 2.24) is 10.2 Å². The Balaban J connectivity index is 1.64. The molecule has 2 fully saturated rings. The van der Waals surface area contributed by atoms with Gasteiger partial charge in [0.1, 0.15) is 6.04 Å². The maximum Gasteiger partial charge on any atom is 0.322 e. The summed E-state index contributed by atoms with van der Waals surface area (Å²) < 4.78 is 0. The van der Waals surface area contributed by atoms with Gasteiger partial charge in [0.2, 0.25) is 5.91 Å². The molecule has 2 aliphatic rings. The number of hydrogen-bond donors (Lipinski definition) is 3. The van der Waals surface area contributed by atoms with Crippen molar-refractivity contribution in [2.75, 3.05) is 11.9 Å². The first-order valence-corrected chi connectivity index (χ1v) is 8.24. The van der Waals surface area contributed by atoms with Crippen molar-refractivity contribution < 1.29 is 14.7 Å². The van der Waals surface area contributed by atoms with Crippen LogP contribution < -0.4 is 10.6 Å². The van der Waals surface area contributed by atoms with Gasteiger partial charge in [-0.1, -0.05) is 31.0 Å². The normalized spacial score (nSPS) is 24.7. The fraction of sp³-hybridized carbons (Fsp3) is 0.529. The van der Waals surface area contributed by atoms with Crippen LogP contribution in [0.4, 0.5) is 10.5 Å². The lowest BCUT2D eigenvalue weighted by atomic mass is 10.1. The van der Waals surface area contributed by atoms with Crippen molar-refractivity contribution in [3.05, 3.63) is 30.3 Å². The molecule has 3 N–H and O–H groups in total. The second kappa shape index (κ2) is 7.00. The summed E-state index contributed by atoms with van der Waals surface area (Å²) in [4.78, 5) is 26.3. The van der Waals surface area contributed by atoms with Crippen LogP contribution in [-0.2, 0) is 4.79 Å². The number of rotatable bonds is 3. The fourth-order valence-electron chi connectivity index (χ4n) is 3.37. The number of β-amino-alcohol motifs (C(OH)–C–C–N with tert-alkyl or cyclic N) is 1. The largest absolute Gasteiger partial charge is 0.391 e. The lowest BCUT2D eigenvalue weighted by molar-refractivity contribution is -0.125. The summed E-state index contributed by atoms with van der Waals surface area (Å²) in [5, 5.41) is 15.7. The second-order valence-corrected chi connectivity index (χ2v) is 6.34. The number of carbonyl (C=O) groups is 2. The van der Waals surface area contributed by atoms with E-state index in [1.807, 2.05) is 18.2 Å². The summed E-state index contributed by atoms with van der Waals surface area (Å²) in [6.45, 7) is 0.182. The Morgan fingerprint density at radius 1 is 1.13 bits per heavy atom. The van der Waals surface area contributed by atoms with Gasteiger partial charge in [-0.3, -0.25) is 4.79 Å². The van der Waals surface area contributed by atoms with Gasteiger partial charge < -0.3 is 20.6 Å². The number of aliphatic hydroxyl groups is 1.